The Morgan fingerprint density at radius 3 is 2.08 bits per heavy atom. The number of carbonyl (C=O) groups is 2. The molecule has 0 atom stereocenters. The first kappa shape index (κ1) is 17.5. The van der Waals surface area contributed by atoms with Crippen LogP contribution in [0.25, 0.3) is 0 Å². The maximum atomic E-state index is 13.4. The monoisotopic (exact) mass is 329 g/mol. The standard InChI is InChI=1S/C18H20FN3O2/c1-2-5-17(23)21-13-8-10-14(11-9-13)22-18(24)12-20-16-7-4-3-6-15(16)19/h3-4,6-11,20H,2,5,12H2,1H3,(H,21,23)(H,22,24). The molecule has 0 spiro atoms. The summed E-state index contributed by atoms with van der Waals surface area (Å²) in [7, 11) is 0. The van der Waals surface area contributed by atoms with Gasteiger partial charge in [-0.3, -0.25) is 9.59 Å². The molecule has 2 rings (SSSR count). The molecule has 6 heteroatoms. The van der Waals surface area contributed by atoms with Crippen LogP contribution in [-0.2, 0) is 9.59 Å². The molecular weight excluding hydrogens is 309 g/mol. The van der Waals surface area contributed by atoms with E-state index >= 15 is 0 Å². The van der Waals surface area contributed by atoms with Gasteiger partial charge in [-0.25, -0.2) is 4.39 Å². The maximum Gasteiger partial charge on any atom is 0.243 e. The van der Waals surface area contributed by atoms with E-state index in [-0.39, 0.29) is 24.0 Å². The van der Waals surface area contributed by atoms with Gasteiger partial charge in [0.2, 0.25) is 11.8 Å². The fraction of sp³-hybridized carbons (Fsp3) is 0.222. The fourth-order valence-corrected chi connectivity index (χ4v) is 2.07. The average Bonchev–Trinajstić information content (AvgIpc) is 2.56. The Morgan fingerprint density at radius 1 is 0.917 bits per heavy atom. The van der Waals surface area contributed by atoms with Gasteiger partial charge in [-0.05, 0) is 42.8 Å². The molecule has 0 aliphatic carbocycles. The predicted molar refractivity (Wildman–Crippen MR) is 93.5 cm³/mol. The van der Waals surface area contributed by atoms with E-state index in [1.165, 1.54) is 6.07 Å². The third kappa shape index (κ3) is 5.39. The SMILES string of the molecule is CCCC(=O)Nc1ccc(NC(=O)CNc2ccccc2F)cc1. The van der Waals surface area contributed by atoms with Crippen molar-refractivity contribution in [2.75, 3.05) is 22.5 Å². The molecule has 24 heavy (non-hydrogen) atoms. The largest absolute Gasteiger partial charge is 0.374 e. The van der Waals surface area contributed by atoms with E-state index in [1.807, 2.05) is 6.92 Å². The summed E-state index contributed by atoms with van der Waals surface area (Å²) in [6.07, 6.45) is 1.26. The van der Waals surface area contributed by atoms with Crippen molar-refractivity contribution in [1.82, 2.24) is 0 Å². The lowest BCUT2D eigenvalue weighted by atomic mass is 10.2. The number of rotatable bonds is 7. The van der Waals surface area contributed by atoms with Crippen molar-refractivity contribution in [1.29, 1.82) is 0 Å². The lowest BCUT2D eigenvalue weighted by Gasteiger charge is -2.09. The van der Waals surface area contributed by atoms with E-state index in [0.717, 1.165) is 6.42 Å². The van der Waals surface area contributed by atoms with Gasteiger partial charge in [0.25, 0.3) is 0 Å². The van der Waals surface area contributed by atoms with Crippen LogP contribution in [-0.4, -0.2) is 18.4 Å². The molecule has 0 radical (unpaired) electrons. The van der Waals surface area contributed by atoms with E-state index < -0.39 is 5.82 Å². The van der Waals surface area contributed by atoms with Crippen LogP contribution in [0.5, 0.6) is 0 Å². The highest BCUT2D eigenvalue weighted by molar-refractivity contribution is 5.94. The van der Waals surface area contributed by atoms with Crippen LogP contribution in [0.1, 0.15) is 19.8 Å². The van der Waals surface area contributed by atoms with Crippen LogP contribution in [0.15, 0.2) is 48.5 Å². The number of carbonyl (C=O) groups excluding carboxylic acids is 2. The van der Waals surface area contributed by atoms with Gasteiger partial charge in [-0.1, -0.05) is 19.1 Å². The minimum atomic E-state index is -0.405. The first-order valence-electron chi connectivity index (χ1n) is 7.76. The van der Waals surface area contributed by atoms with Crippen molar-refractivity contribution < 1.29 is 14.0 Å². The van der Waals surface area contributed by atoms with Crippen molar-refractivity contribution in [3.8, 4) is 0 Å². The first-order valence-corrected chi connectivity index (χ1v) is 7.76. The van der Waals surface area contributed by atoms with Crippen LogP contribution in [0.2, 0.25) is 0 Å². The zero-order valence-corrected chi connectivity index (χ0v) is 13.4. The number of halogens is 1. The van der Waals surface area contributed by atoms with Gasteiger partial charge in [0, 0.05) is 17.8 Å². The van der Waals surface area contributed by atoms with Gasteiger partial charge in [0.05, 0.1) is 12.2 Å². The van der Waals surface area contributed by atoms with Crippen LogP contribution >= 0.6 is 0 Å². The molecular formula is C18H20FN3O2. The molecule has 2 aromatic carbocycles. The third-order valence-corrected chi connectivity index (χ3v) is 3.24. The van der Waals surface area contributed by atoms with E-state index in [2.05, 4.69) is 16.0 Å². The molecule has 2 amide bonds. The number of amides is 2. The summed E-state index contributed by atoms with van der Waals surface area (Å²) in [5.41, 5.74) is 1.56. The van der Waals surface area contributed by atoms with Crippen LogP contribution in [0, 0.1) is 5.82 Å². The molecule has 0 heterocycles. The third-order valence-electron chi connectivity index (χ3n) is 3.24. The van der Waals surface area contributed by atoms with Crippen LogP contribution in [0.3, 0.4) is 0 Å². The van der Waals surface area contributed by atoms with Gasteiger partial charge < -0.3 is 16.0 Å². The highest BCUT2D eigenvalue weighted by Gasteiger charge is 2.05. The molecule has 2 aromatic rings. The van der Waals surface area contributed by atoms with Crippen molar-refractivity contribution in [2.24, 2.45) is 0 Å². The second-order valence-electron chi connectivity index (χ2n) is 5.26. The smallest absolute Gasteiger partial charge is 0.243 e. The van der Waals surface area contributed by atoms with Crippen molar-refractivity contribution in [2.45, 2.75) is 19.8 Å². The quantitative estimate of drug-likeness (QED) is 0.727. The van der Waals surface area contributed by atoms with Crippen molar-refractivity contribution >= 4 is 28.9 Å². The number of para-hydroxylation sites is 1. The molecule has 0 fully saturated rings. The summed E-state index contributed by atoms with van der Waals surface area (Å²) in [6.45, 7) is 1.89. The van der Waals surface area contributed by atoms with Gasteiger partial charge in [0.1, 0.15) is 5.82 Å². The predicted octanol–water partition coefficient (Wildman–Crippen LogP) is 3.61. The lowest BCUT2D eigenvalue weighted by Crippen LogP contribution is -2.22. The minimum Gasteiger partial charge on any atom is -0.374 e. The zero-order chi connectivity index (χ0) is 17.4. The topological polar surface area (TPSA) is 70.2 Å². The second kappa shape index (κ2) is 8.67. The van der Waals surface area contributed by atoms with Gasteiger partial charge in [-0.15, -0.1) is 0 Å². The molecule has 0 unspecified atom stereocenters. The lowest BCUT2D eigenvalue weighted by molar-refractivity contribution is -0.116. The summed E-state index contributed by atoms with van der Waals surface area (Å²) in [6, 6.07) is 13.0. The van der Waals surface area contributed by atoms with E-state index in [0.29, 0.717) is 17.8 Å². The maximum absolute atomic E-state index is 13.4. The zero-order valence-electron chi connectivity index (χ0n) is 13.4. The Morgan fingerprint density at radius 2 is 1.50 bits per heavy atom. The molecule has 0 saturated carbocycles. The Hall–Kier alpha value is -2.89. The van der Waals surface area contributed by atoms with Crippen LogP contribution in [0.4, 0.5) is 21.5 Å². The number of hydrogen-bond acceptors (Lipinski definition) is 3. The fourth-order valence-electron chi connectivity index (χ4n) is 2.07. The van der Waals surface area contributed by atoms with E-state index in [9.17, 15) is 14.0 Å². The molecule has 0 bridgehead atoms. The number of nitrogens with one attached hydrogen (secondary N) is 3. The molecule has 0 aromatic heterocycles. The van der Waals surface area contributed by atoms with Crippen molar-refractivity contribution in [3.63, 3.8) is 0 Å². The molecule has 0 aliphatic heterocycles. The van der Waals surface area contributed by atoms with Gasteiger partial charge >= 0.3 is 0 Å². The first-order chi connectivity index (χ1) is 11.6. The molecule has 5 nitrogen and oxygen atoms in total. The van der Waals surface area contributed by atoms with Crippen molar-refractivity contribution in [3.05, 3.63) is 54.3 Å². The molecule has 3 N–H and O–H groups in total. The van der Waals surface area contributed by atoms with E-state index in [1.54, 1.807) is 42.5 Å². The summed E-state index contributed by atoms with van der Waals surface area (Å²) in [5.74, 6) is -0.734. The summed E-state index contributed by atoms with van der Waals surface area (Å²) < 4.78 is 13.4. The normalized spacial score (nSPS) is 10.1. The molecule has 0 saturated heterocycles. The summed E-state index contributed by atoms with van der Waals surface area (Å²) in [5, 5.41) is 8.21. The Kier molecular flexibility index (Phi) is 6.31. The Bertz CT molecular complexity index is 702. The highest BCUT2D eigenvalue weighted by Crippen LogP contribution is 2.15. The van der Waals surface area contributed by atoms with Gasteiger partial charge in [-0.2, -0.15) is 0 Å². The Labute approximate surface area is 140 Å². The molecule has 0 aliphatic rings. The molecule has 126 valence electrons. The summed E-state index contributed by atoms with van der Waals surface area (Å²) >= 11 is 0. The summed E-state index contributed by atoms with van der Waals surface area (Å²) in [4.78, 5) is 23.4. The van der Waals surface area contributed by atoms with Crippen LogP contribution < -0.4 is 16.0 Å². The average molecular weight is 329 g/mol. The second-order valence-corrected chi connectivity index (χ2v) is 5.26. The number of anilines is 3. The highest BCUT2D eigenvalue weighted by atomic mass is 19.1. The minimum absolute atomic E-state index is 0.0385. The Balaban J connectivity index is 1.83. The van der Waals surface area contributed by atoms with Gasteiger partial charge in [0.15, 0.2) is 0 Å². The van der Waals surface area contributed by atoms with E-state index in [4.69, 9.17) is 0 Å². The number of benzene rings is 2. The number of hydrogen-bond donors (Lipinski definition) is 3.